The summed E-state index contributed by atoms with van der Waals surface area (Å²) in [5.74, 6) is 2.74. The number of nitrogens with two attached hydrogens (primary N) is 1. The summed E-state index contributed by atoms with van der Waals surface area (Å²) in [6.45, 7) is 1.96. The van der Waals surface area contributed by atoms with E-state index in [0.717, 1.165) is 16.3 Å². The Bertz CT molecular complexity index is 662. The van der Waals surface area contributed by atoms with Crippen LogP contribution >= 0.6 is 0 Å². The second-order valence-corrected chi connectivity index (χ2v) is 5.20. The van der Waals surface area contributed by atoms with Gasteiger partial charge in [0.25, 0.3) is 0 Å². The first-order valence-electron chi connectivity index (χ1n) is 7.10. The van der Waals surface area contributed by atoms with Crippen LogP contribution in [0.5, 0.6) is 23.0 Å². The van der Waals surface area contributed by atoms with Crippen LogP contribution in [0.2, 0.25) is 0 Å². The molecule has 0 aromatic heterocycles. The van der Waals surface area contributed by atoms with Crippen molar-refractivity contribution in [2.75, 3.05) is 28.4 Å². The molecular weight excluding hydrogens is 282 g/mol. The van der Waals surface area contributed by atoms with Gasteiger partial charge in [-0.2, -0.15) is 0 Å². The van der Waals surface area contributed by atoms with Crippen LogP contribution in [0, 0.1) is 0 Å². The fraction of sp³-hybridized carbons (Fsp3) is 0.412. The van der Waals surface area contributed by atoms with Crippen LogP contribution in [-0.2, 0) is 6.42 Å². The molecule has 0 aliphatic heterocycles. The summed E-state index contributed by atoms with van der Waals surface area (Å²) in [7, 11) is 6.50. The van der Waals surface area contributed by atoms with Gasteiger partial charge in [-0.1, -0.05) is 0 Å². The zero-order chi connectivity index (χ0) is 16.3. The van der Waals surface area contributed by atoms with E-state index >= 15 is 0 Å². The molecule has 0 aliphatic rings. The minimum absolute atomic E-state index is 0.00250. The van der Waals surface area contributed by atoms with Crippen molar-refractivity contribution < 1.29 is 18.9 Å². The van der Waals surface area contributed by atoms with Gasteiger partial charge in [0, 0.05) is 11.6 Å². The Morgan fingerprint density at radius 1 is 0.864 bits per heavy atom. The molecule has 1 unspecified atom stereocenters. The largest absolute Gasteiger partial charge is 0.493 e. The number of methoxy groups -OCH3 is 4. The van der Waals surface area contributed by atoms with E-state index in [1.54, 1.807) is 28.4 Å². The molecule has 0 spiro atoms. The zero-order valence-corrected chi connectivity index (χ0v) is 13.7. The van der Waals surface area contributed by atoms with E-state index < -0.39 is 0 Å². The summed E-state index contributed by atoms with van der Waals surface area (Å²) < 4.78 is 21.8. The molecule has 2 N–H and O–H groups in total. The van der Waals surface area contributed by atoms with E-state index in [0.29, 0.717) is 29.4 Å². The van der Waals surface area contributed by atoms with Crippen molar-refractivity contribution in [3.63, 3.8) is 0 Å². The molecule has 0 saturated carbocycles. The third-order valence-corrected chi connectivity index (χ3v) is 3.62. The first kappa shape index (κ1) is 16.2. The zero-order valence-electron chi connectivity index (χ0n) is 13.7. The van der Waals surface area contributed by atoms with Crippen molar-refractivity contribution in [3.8, 4) is 23.0 Å². The molecule has 2 rings (SSSR count). The molecule has 0 aliphatic carbocycles. The molecule has 0 fully saturated rings. The Balaban J connectivity index is 2.82. The van der Waals surface area contributed by atoms with E-state index in [9.17, 15) is 0 Å². The second kappa shape index (κ2) is 6.75. The first-order chi connectivity index (χ1) is 10.5. The summed E-state index contributed by atoms with van der Waals surface area (Å²) in [4.78, 5) is 0. The van der Waals surface area contributed by atoms with E-state index in [2.05, 4.69) is 0 Å². The molecular formula is C17H23NO4. The molecule has 2 aromatic rings. The molecule has 120 valence electrons. The molecule has 0 bridgehead atoms. The highest BCUT2D eigenvalue weighted by molar-refractivity contribution is 5.92. The minimum atomic E-state index is -0.00250. The van der Waals surface area contributed by atoms with Crippen molar-refractivity contribution in [1.82, 2.24) is 0 Å². The Kier molecular flexibility index (Phi) is 4.98. The van der Waals surface area contributed by atoms with Crippen LogP contribution in [0.1, 0.15) is 12.5 Å². The van der Waals surface area contributed by atoms with Crippen LogP contribution in [0.4, 0.5) is 0 Å². The molecule has 0 radical (unpaired) electrons. The molecule has 2 aromatic carbocycles. The average Bonchev–Trinajstić information content (AvgIpc) is 2.52. The summed E-state index contributed by atoms with van der Waals surface area (Å²) >= 11 is 0. The lowest BCUT2D eigenvalue weighted by molar-refractivity contribution is 0.351. The molecule has 5 heteroatoms. The third-order valence-electron chi connectivity index (χ3n) is 3.62. The van der Waals surface area contributed by atoms with E-state index in [-0.39, 0.29) is 6.04 Å². The Labute approximate surface area is 130 Å². The second-order valence-electron chi connectivity index (χ2n) is 5.20. The molecule has 0 amide bonds. The lowest BCUT2D eigenvalue weighted by atomic mass is 9.97. The lowest BCUT2D eigenvalue weighted by Gasteiger charge is -2.18. The van der Waals surface area contributed by atoms with E-state index in [1.165, 1.54) is 0 Å². The highest BCUT2D eigenvalue weighted by atomic mass is 16.5. The van der Waals surface area contributed by atoms with Gasteiger partial charge in [0.15, 0.2) is 23.0 Å². The van der Waals surface area contributed by atoms with Gasteiger partial charge >= 0.3 is 0 Å². The average molecular weight is 305 g/mol. The highest BCUT2D eigenvalue weighted by Crippen LogP contribution is 2.42. The number of ether oxygens (including phenoxy) is 4. The number of rotatable bonds is 6. The maximum atomic E-state index is 6.00. The number of benzene rings is 2. The van der Waals surface area contributed by atoms with Gasteiger partial charge in [-0.25, -0.2) is 0 Å². The van der Waals surface area contributed by atoms with Gasteiger partial charge in [-0.05, 0) is 42.3 Å². The number of hydrogen-bond donors (Lipinski definition) is 1. The van der Waals surface area contributed by atoms with Gasteiger partial charge in [0.1, 0.15) is 0 Å². The topological polar surface area (TPSA) is 62.9 Å². The molecule has 0 heterocycles. The van der Waals surface area contributed by atoms with Gasteiger partial charge in [0.2, 0.25) is 0 Å². The van der Waals surface area contributed by atoms with Crippen LogP contribution in [0.15, 0.2) is 18.2 Å². The summed E-state index contributed by atoms with van der Waals surface area (Å²) in [5, 5.41) is 2.01. The Morgan fingerprint density at radius 2 is 1.41 bits per heavy atom. The van der Waals surface area contributed by atoms with Crippen molar-refractivity contribution in [1.29, 1.82) is 0 Å². The predicted molar refractivity (Wildman–Crippen MR) is 87.5 cm³/mol. The SMILES string of the molecule is COc1cc2cc(OC)c(OC)c(CC(C)N)c2cc1OC. The monoisotopic (exact) mass is 305 g/mol. The quantitative estimate of drug-likeness (QED) is 0.889. The van der Waals surface area contributed by atoms with Crippen molar-refractivity contribution >= 4 is 10.8 Å². The number of hydrogen-bond acceptors (Lipinski definition) is 5. The molecule has 1 atom stereocenters. The van der Waals surface area contributed by atoms with E-state index in [1.807, 2.05) is 25.1 Å². The minimum Gasteiger partial charge on any atom is -0.493 e. The number of fused-ring (bicyclic) bond motifs is 1. The van der Waals surface area contributed by atoms with Gasteiger partial charge in [-0.15, -0.1) is 0 Å². The van der Waals surface area contributed by atoms with Crippen molar-refractivity contribution in [2.45, 2.75) is 19.4 Å². The fourth-order valence-electron chi connectivity index (χ4n) is 2.65. The van der Waals surface area contributed by atoms with Crippen LogP contribution in [0.25, 0.3) is 10.8 Å². The molecule has 22 heavy (non-hydrogen) atoms. The van der Waals surface area contributed by atoms with Gasteiger partial charge in [0.05, 0.1) is 28.4 Å². The van der Waals surface area contributed by atoms with Gasteiger partial charge in [-0.3, -0.25) is 0 Å². The van der Waals surface area contributed by atoms with Crippen molar-refractivity contribution in [2.24, 2.45) is 5.73 Å². The predicted octanol–water partition coefficient (Wildman–Crippen LogP) is 2.76. The van der Waals surface area contributed by atoms with Crippen LogP contribution < -0.4 is 24.7 Å². The smallest absolute Gasteiger partial charge is 0.164 e. The summed E-state index contributed by atoms with van der Waals surface area (Å²) in [6, 6.07) is 5.81. The van der Waals surface area contributed by atoms with Crippen LogP contribution in [0.3, 0.4) is 0 Å². The fourth-order valence-corrected chi connectivity index (χ4v) is 2.65. The maximum absolute atomic E-state index is 6.00. The summed E-state index contributed by atoms with van der Waals surface area (Å²) in [5.41, 5.74) is 7.01. The Hall–Kier alpha value is -2.14. The molecule has 0 saturated heterocycles. The van der Waals surface area contributed by atoms with Gasteiger partial charge < -0.3 is 24.7 Å². The van der Waals surface area contributed by atoms with Crippen LogP contribution in [-0.4, -0.2) is 34.5 Å². The van der Waals surface area contributed by atoms with Crippen molar-refractivity contribution in [3.05, 3.63) is 23.8 Å². The normalized spacial score (nSPS) is 12.1. The van der Waals surface area contributed by atoms with E-state index in [4.69, 9.17) is 24.7 Å². The first-order valence-corrected chi connectivity index (χ1v) is 7.10. The maximum Gasteiger partial charge on any atom is 0.164 e. The third kappa shape index (κ3) is 2.90. The standard InChI is InChI=1S/C17H23NO4/c1-10(18)6-13-12-9-15(20-3)14(19-2)7-11(12)8-16(21-4)17(13)22-5/h7-10H,6,18H2,1-5H3. The Morgan fingerprint density at radius 3 is 1.91 bits per heavy atom. The highest BCUT2D eigenvalue weighted by Gasteiger charge is 2.18. The summed E-state index contributed by atoms with van der Waals surface area (Å²) in [6.07, 6.45) is 0.673. The lowest BCUT2D eigenvalue weighted by Crippen LogP contribution is -2.18. The molecule has 5 nitrogen and oxygen atoms in total.